The Bertz CT molecular complexity index is 441. The SMILES string of the molecule is CCN(Cc1cccc(/C(N)=N/O)c1)CC1CCC1. The maximum atomic E-state index is 8.72. The molecule has 1 fully saturated rings. The van der Waals surface area contributed by atoms with Gasteiger partial charge < -0.3 is 10.9 Å². The summed E-state index contributed by atoms with van der Waals surface area (Å²) in [6.07, 6.45) is 4.14. The molecule has 1 saturated carbocycles. The number of hydrogen-bond donors (Lipinski definition) is 2. The van der Waals surface area contributed by atoms with E-state index in [1.807, 2.05) is 18.2 Å². The van der Waals surface area contributed by atoms with E-state index in [1.54, 1.807) is 0 Å². The van der Waals surface area contributed by atoms with Crippen LogP contribution in [0.3, 0.4) is 0 Å². The highest BCUT2D eigenvalue weighted by Crippen LogP contribution is 2.27. The van der Waals surface area contributed by atoms with E-state index >= 15 is 0 Å². The third kappa shape index (κ3) is 3.70. The van der Waals surface area contributed by atoms with Crippen LogP contribution in [0.25, 0.3) is 0 Å². The first-order valence-corrected chi connectivity index (χ1v) is 7.02. The third-order valence-corrected chi connectivity index (χ3v) is 3.93. The number of hydrogen-bond acceptors (Lipinski definition) is 3. The molecule has 1 aromatic rings. The summed E-state index contributed by atoms with van der Waals surface area (Å²) in [5.41, 5.74) is 7.61. The summed E-state index contributed by atoms with van der Waals surface area (Å²) < 4.78 is 0. The Hall–Kier alpha value is -1.55. The van der Waals surface area contributed by atoms with Crippen LogP contribution in [-0.4, -0.2) is 29.0 Å². The summed E-state index contributed by atoms with van der Waals surface area (Å²) in [5.74, 6) is 1.05. The van der Waals surface area contributed by atoms with E-state index < -0.39 is 0 Å². The molecule has 3 N–H and O–H groups in total. The molecule has 0 radical (unpaired) electrons. The van der Waals surface area contributed by atoms with Crippen molar-refractivity contribution in [2.45, 2.75) is 32.7 Å². The fourth-order valence-electron chi connectivity index (χ4n) is 2.49. The summed E-state index contributed by atoms with van der Waals surface area (Å²) in [6, 6.07) is 7.91. The molecular weight excluding hydrogens is 238 g/mol. The molecule has 1 aliphatic carbocycles. The van der Waals surface area contributed by atoms with E-state index in [9.17, 15) is 0 Å². The highest BCUT2D eigenvalue weighted by molar-refractivity contribution is 5.97. The van der Waals surface area contributed by atoms with Gasteiger partial charge in [-0.3, -0.25) is 4.90 Å². The van der Waals surface area contributed by atoms with Crippen LogP contribution in [0.1, 0.15) is 37.3 Å². The zero-order valence-electron chi connectivity index (χ0n) is 11.5. The van der Waals surface area contributed by atoms with Crippen LogP contribution >= 0.6 is 0 Å². The number of nitrogens with two attached hydrogens (primary N) is 1. The summed E-state index contributed by atoms with van der Waals surface area (Å²) in [4.78, 5) is 2.47. The van der Waals surface area contributed by atoms with Crippen LogP contribution in [0.2, 0.25) is 0 Å². The molecular formula is C15H23N3O. The molecule has 2 rings (SSSR count). The molecule has 0 spiro atoms. The molecule has 1 aliphatic rings. The van der Waals surface area contributed by atoms with Crippen molar-refractivity contribution in [2.75, 3.05) is 13.1 Å². The highest BCUT2D eigenvalue weighted by Gasteiger charge is 2.20. The van der Waals surface area contributed by atoms with Crippen molar-refractivity contribution in [2.24, 2.45) is 16.8 Å². The van der Waals surface area contributed by atoms with Crippen LogP contribution in [0, 0.1) is 5.92 Å². The molecule has 4 nitrogen and oxygen atoms in total. The second-order valence-corrected chi connectivity index (χ2v) is 5.31. The minimum Gasteiger partial charge on any atom is -0.409 e. The standard InChI is InChI=1S/C15H23N3O/c1-2-18(10-12-5-3-6-12)11-13-7-4-8-14(9-13)15(16)17-19/h4,7-9,12,19H,2-3,5-6,10-11H2,1H3,(H2,16,17). The van der Waals surface area contributed by atoms with Crippen molar-refractivity contribution < 1.29 is 5.21 Å². The number of nitrogens with zero attached hydrogens (tertiary/aromatic N) is 2. The Labute approximate surface area is 114 Å². The summed E-state index contributed by atoms with van der Waals surface area (Å²) in [7, 11) is 0. The maximum absolute atomic E-state index is 8.72. The van der Waals surface area contributed by atoms with Crippen molar-refractivity contribution >= 4 is 5.84 Å². The first kappa shape index (κ1) is 13.9. The van der Waals surface area contributed by atoms with Crippen LogP contribution in [0.4, 0.5) is 0 Å². The molecule has 1 aromatic carbocycles. The maximum Gasteiger partial charge on any atom is 0.170 e. The van der Waals surface area contributed by atoms with E-state index in [0.29, 0.717) is 0 Å². The Balaban J connectivity index is 2.00. The fourth-order valence-corrected chi connectivity index (χ4v) is 2.49. The Morgan fingerprint density at radius 3 is 2.84 bits per heavy atom. The van der Waals surface area contributed by atoms with Gasteiger partial charge in [0, 0.05) is 18.7 Å². The molecule has 19 heavy (non-hydrogen) atoms. The first-order chi connectivity index (χ1) is 9.22. The van der Waals surface area contributed by atoms with Gasteiger partial charge in [-0.2, -0.15) is 0 Å². The molecule has 0 aliphatic heterocycles. The normalized spacial score (nSPS) is 16.6. The number of oxime groups is 1. The Kier molecular flexibility index (Phi) is 4.80. The molecule has 0 heterocycles. The van der Waals surface area contributed by atoms with Gasteiger partial charge in [0.1, 0.15) is 0 Å². The summed E-state index contributed by atoms with van der Waals surface area (Å²) in [5, 5.41) is 11.8. The Morgan fingerprint density at radius 2 is 2.26 bits per heavy atom. The minimum atomic E-state index is 0.170. The van der Waals surface area contributed by atoms with Crippen LogP contribution < -0.4 is 5.73 Å². The van der Waals surface area contributed by atoms with Gasteiger partial charge in [0.2, 0.25) is 0 Å². The quantitative estimate of drug-likeness (QED) is 0.358. The zero-order valence-corrected chi connectivity index (χ0v) is 11.5. The van der Waals surface area contributed by atoms with Crippen LogP contribution in [-0.2, 0) is 6.54 Å². The molecule has 0 saturated heterocycles. The van der Waals surface area contributed by atoms with Gasteiger partial charge in [-0.25, -0.2) is 0 Å². The van der Waals surface area contributed by atoms with Crippen molar-refractivity contribution in [3.05, 3.63) is 35.4 Å². The lowest BCUT2D eigenvalue weighted by molar-refractivity contribution is 0.178. The second kappa shape index (κ2) is 6.57. The predicted octanol–water partition coefficient (Wildman–Crippen LogP) is 2.40. The van der Waals surface area contributed by atoms with E-state index in [1.165, 1.54) is 31.4 Å². The number of benzene rings is 1. The number of rotatable bonds is 6. The van der Waals surface area contributed by atoms with Gasteiger partial charge in [0.15, 0.2) is 5.84 Å². The van der Waals surface area contributed by atoms with E-state index in [4.69, 9.17) is 10.9 Å². The fraction of sp³-hybridized carbons (Fsp3) is 0.533. The van der Waals surface area contributed by atoms with Gasteiger partial charge in [-0.1, -0.05) is 36.7 Å². The molecule has 0 aromatic heterocycles. The molecule has 0 atom stereocenters. The van der Waals surface area contributed by atoms with E-state index in [0.717, 1.165) is 24.6 Å². The van der Waals surface area contributed by atoms with Gasteiger partial charge in [0.05, 0.1) is 0 Å². The highest BCUT2D eigenvalue weighted by atomic mass is 16.4. The lowest BCUT2D eigenvalue weighted by atomic mass is 9.85. The van der Waals surface area contributed by atoms with Gasteiger partial charge in [-0.05, 0) is 36.9 Å². The zero-order chi connectivity index (χ0) is 13.7. The Morgan fingerprint density at radius 1 is 1.47 bits per heavy atom. The van der Waals surface area contributed by atoms with Gasteiger partial charge >= 0.3 is 0 Å². The molecule has 4 heteroatoms. The number of amidine groups is 1. The summed E-state index contributed by atoms with van der Waals surface area (Å²) in [6.45, 7) is 5.38. The van der Waals surface area contributed by atoms with Crippen molar-refractivity contribution in [3.63, 3.8) is 0 Å². The molecule has 0 unspecified atom stereocenters. The smallest absolute Gasteiger partial charge is 0.170 e. The first-order valence-electron chi connectivity index (χ1n) is 7.02. The van der Waals surface area contributed by atoms with Gasteiger partial charge in [0.25, 0.3) is 0 Å². The van der Waals surface area contributed by atoms with Gasteiger partial charge in [-0.15, -0.1) is 0 Å². The lowest BCUT2D eigenvalue weighted by Gasteiger charge is -2.31. The van der Waals surface area contributed by atoms with E-state index in [-0.39, 0.29) is 5.84 Å². The largest absolute Gasteiger partial charge is 0.409 e. The van der Waals surface area contributed by atoms with Crippen molar-refractivity contribution in [1.29, 1.82) is 0 Å². The third-order valence-electron chi connectivity index (χ3n) is 3.93. The van der Waals surface area contributed by atoms with Crippen LogP contribution in [0.5, 0.6) is 0 Å². The molecule has 104 valence electrons. The predicted molar refractivity (Wildman–Crippen MR) is 77.2 cm³/mol. The summed E-state index contributed by atoms with van der Waals surface area (Å²) >= 11 is 0. The minimum absolute atomic E-state index is 0.170. The topological polar surface area (TPSA) is 61.8 Å². The van der Waals surface area contributed by atoms with Crippen LogP contribution in [0.15, 0.2) is 29.4 Å². The van der Waals surface area contributed by atoms with E-state index in [2.05, 4.69) is 23.0 Å². The lowest BCUT2D eigenvalue weighted by Crippen LogP contribution is -2.32. The average molecular weight is 261 g/mol. The average Bonchev–Trinajstić information content (AvgIpc) is 2.40. The van der Waals surface area contributed by atoms with Crippen molar-refractivity contribution in [1.82, 2.24) is 4.90 Å². The molecule has 0 bridgehead atoms. The second-order valence-electron chi connectivity index (χ2n) is 5.31. The van der Waals surface area contributed by atoms with Crippen molar-refractivity contribution in [3.8, 4) is 0 Å². The molecule has 0 amide bonds. The monoisotopic (exact) mass is 261 g/mol.